The van der Waals surface area contributed by atoms with E-state index in [1.54, 1.807) is 0 Å². The third-order valence-corrected chi connectivity index (χ3v) is 13.3. The fourth-order valence-electron chi connectivity index (χ4n) is 10.0. The summed E-state index contributed by atoms with van der Waals surface area (Å²) in [7, 11) is 2.20. The number of carboxylic acid groups (broad SMARTS) is 1. The molecule has 4 aromatic rings. The highest BCUT2D eigenvalue weighted by atomic mass is 35.5. The molecule has 7 nitrogen and oxygen atoms in total. The van der Waals surface area contributed by atoms with Gasteiger partial charge in [0.25, 0.3) is 0 Å². The summed E-state index contributed by atoms with van der Waals surface area (Å²) in [5.74, 6) is 2.26. The Labute approximate surface area is 339 Å². The SMILES string of the molecule is C[C@@H](COc1ccnc2c1[C@H](C)CCC2)CC1Cc2ccc(OCCCN(C)CCCc3ccccc3)cc2C12CCC(Nc1cccc(Cl)c1)(C(=O)O)CC2. The molecule has 0 saturated heterocycles. The lowest BCUT2D eigenvalue weighted by molar-refractivity contribution is -0.144. The van der Waals surface area contributed by atoms with Gasteiger partial charge in [0, 0.05) is 34.7 Å². The molecule has 1 aromatic heterocycles. The van der Waals surface area contributed by atoms with Gasteiger partial charge in [-0.2, -0.15) is 0 Å². The number of aromatic nitrogens is 1. The van der Waals surface area contributed by atoms with Crippen LogP contribution in [0.1, 0.15) is 106 Å². The summed E-state index contributed by atoms with van der Waals surface area (Å²) in [5.41, 5.74) is 6.15. The Morgan fingerprint density at radius 1 is 1.00 bits per heavy atom. The number of benzene rings is 3. The number of rotatable bonds is 17. The van der Waals surface area contributed by atoms with E-state index in [1.807, 2.05) is 36.5 Å². The third kappa shape index (κ3) is 9.21. The summed E-state index contributed by atoms with van der Waals surface area (Å²) in [5, 5.41) is 14.7. The van der Waals surface area contributed by atoms with Crippen molar-refractivity contribution in [2.24, 2.45) is 11.8 Å². The number of pyridine rings is 1. The number of anilines is 1. The predicted molar refractivity (Wildman–Crippen MR) is 226 cm³/mol. The number of aryl methyl sites for hydroxylation is 2. The Morgan fingerprint density at radius 2 is 1.80 bits per heavy atom. The van der Waals surface area contributed by atoms with Crippen molar-refractivity contribution < 1.29 is 19.4 Å². The molecule has 1 saturated carbocycles. The number of ether oxygens (including phenoxy) is 2. The Hall–Kier alpha value is -4.07. The van der Waals surface area contributed by atoms with Gasteiger partial charge in [-0.05, 0) is 167 Å². The van der Waals surface area contributed by atoms with E-state index in [0.717, 1.165) is 81.6 Å². The molecule has 0 aliphatic heterocycles. The van der Waals surface area contributed by atoms with Crippen LogP contribution in [-0.4, -0.2) is 59.8 Å². The highest BCUT2D eigenvalue weighted by molar-refractivity contribution is 6.30. The van der Waals surface area contributed by atoms with Crippen LogP contribution in [0.5, 0.6) is 11.5 Å². The monoisotopic (exact) mass is 777 g/mol. The first-order valence-corrected chi connectivity index (χ1v) is 21.4. The van der Waals surface area contributed by atoms with Gasteiger partial charge in [-0.1, -0.05) is 67.9 Å². The molecule has 1 spiro atoms. The van der Waals surface area contributed by atoms with Gasteiger partial charge in [0.1, 0.15) is 17.0 Å². The molecule has 3 atom stereocenters. The van der Waals surface area contributed by atoms with E-state index in [2.05, 4.69) is 84.6 Å². The number of fused-ring (bicyclic) bond motifs is 3. The van der Waals surface area contributed by atoms with Gasteiger partial charge >= 0.3 is 5.97 Å². The van der Waals surface area contributed by atoms with E-state index < -0.39 is 11.5 Å². The minimum atomic E-state index is -1.06. The van der Waals surface area contributed by atoms with Gasteiger partial charge in [-0.25, -0.2) is 4.79 Å². The molecule has 0 bridgehead atoms. The van der Waals surface area contributed by atoms with Crippen LogP contribution >= 0.6 is 11.6 Å². The number of halogens is 1. The first-order valence-electron chi connectivity index (χ1n) is 21.0. The van der Waals surface area contributed by atoms with E-state index in [1.165, 1.54) is 40.8 Å². The number of aliphatic carboxylic acids is 1. The Morgan fingerprint density at radius 3 is 2.59 bits per heavy atom. The van der Waals surface area contributed by atoms with E-state index in [-0.39, 0.29) is 5.41 Å². The molecule has 1 unspecified atom stereocenters. The van der Waals surface area contributed by atoms with Crippen LogP contribution in [-0.2, 0) is 29.5 Å². The normalized spacial score (nSPS) is 23.4. The summed E-state index contributed by atoms with van der Waals surface area (Å²) in [4.78, 5) is 20.1. The van der Waals surface area contributed by atoms with Gasteiger partial charge in [-0.15, -0.1) is 0 Å². The van der Waals surface area contributed by atoms with Gasteiger partial charge in [0.15, 0.2) is 0 Å². The second-order valence-corrected chi connectivity index (χ2v) is 17.5. The molecular weight excluding hydrogens is 718 g/mol. The lowest BCUT2D eigenvalue weighted by atomic mass is 9.59. The Kier molecular flexibility index (Phi) is 12.9. The molecule has 0 amide bonds. The zero-order chi connectivity index (χ0) is 39.1. The molecular formula is C48H60ClN3O4. The van der Waals surface area contributed by atoms with Crippen LogP contribution in [0.4, 0.5) is 5.69 Å². The number of carboxylic acids is 1. The zero-order valence-corrected chi connectivity index (χ0v) is 34.3. The number of nitrogens with zero attached hydrogens (tertiary/aromatic N) is 2. The smallest absolute Gasteiger partial charge is 0.329 e. The van der Waals surface area contributed by atoms with Crippen molar-refractivity contribution >= 4 is 23.3 Å². The second kappa shape index (κ2) is 18.0. The fourth-order valence-corrected chi connectivity index (χ4v) is 10.2. The van der Waals surface area contributed by atoms with Crippen LogP contribution in [0.2, 0.25) is 5.02 Å². The molecule has 1 heterocycles. The summed E-state index contributed by atoms with van der Waals surface area (Å²) < 4.78 is 13.1. The van der Waals surface area contributed by atoms with Gasteiger partial charge < -0.3 is 24.8 Å². The topological polar surface area (TPSA) is 83.9 Å². The van der Waals surface area contributed by atoms with Gasteiger partial charge in [0.2, 0.25) is 0 Å². The molecule has 8 heteroatoms. The maximum absolute atomic E-state index is 13.1. The molecule has 3 aromatic carbocycles. The number of hydrogen-bond acceptors (Lipinski definition) is 6. The first-order chi connectivity index (χ1) is 27.1. The van der Waals surface area contributed by atoms with Crippen molar-refractivity contribution in [2.45, 2.75) is 108 Å². The van der Waals surface area contributed by atoms with Crippen LogP contribution in [0.25, 0.3) is 0 Å². The molecule has 3 aliphatic rings. The maximum Gasteiger partial charge on any atom is 0.329 e. The largest absolute Gasteiger partial charge is 0.494 e. The molecule has 7 rings (SSSR count). The molecule has 2 N–H and O–H groups in total. The number of nitrogens with one attached hydrogen (secondary N) is 1. The van der Waals surface area contributed by atoms with Gasteiger partial charge in [0.05, 0.1) is 13.2 Å². The van der Waals surface area contributed by atoms with Crippen molar-refractivity contribution in [1.29, 1.82) is 0 Å². The molecule has 0 radical (unpaired) electrons. The summed E-state index contributed by atoms with van der Waals surface area (Å²) in [6.07, 6.45) is 13.1. The van der Waals surface area contributed by atoms with Crippen molar-refractivity contribution in [3.05, 3.63) is 118 Å². The summed E-state index contributed by atoms with van der Waals surface area (Å²) in [6.45, 7) is 7.97. The van der Waals surface area contributed by atoms with E-state index in [4.69, 9.17) is 21.1 Å². The summed E-state index contributed by atoms with van der Waals surface area (Å²) in [6, 6.07) is 26.9. The maximum atomic E-state index is 13.1. The fraction of sp³-hybridized carbons (Fsp3) is 0.500. The predicted octanol–water partition coefficient (Wildman–Crippen LogP) is 10.5. The zero-order valence-electron chi connectivity index (χ0n) is 33.6. The quantitative estimate of drug-likeness (QED) is 0.103. The minimum Gasteiger partial charge on any atom is -0.494 e. The van der Waals surface area contributed by atoms with Crippen LogP contribution < -0.4 is 14.8 Å². The number of hydrogen-bond donors (Lipinski definition) is 2. The third-order valence-electron chi connectivity index (χ3n) is 13.1. The van der Waals surface area contributed by atoms with Crippen LogP contribution in [0.15, 0.2) is 85.1 Å². The van der Waals surface area contributed by atoms with Crippen molar-refractivity contribution in [3.8, 4) is 11.5 Å². The molecule has 298 valence electrons. The highest BCUT2D eigenvalue weighted by Gasteiger charge is 2.54. The van der Waals surface area contributed by atoms with Crippen molar-refractivity contribution in [3.63, 3.8) is 0 Å². The average Bonchev–Trinajstić information content (AvgIpc) is 3.48. The van der Waals surface area contributed by atoms with Crippen molar-refractivity contribution in [1.82, 2.24) is 9.88 Å². The average molecular weight is 778 g/mol. The van der Waals surface area contributed by atoms with Crippen LogP contribution in [0, 0.1) is 11.8 Å². The highest BCUT2D eigenvalue weighted by Crippen LogP contribution is 2.57. The van der Waals surface area contributed by atoms with E-state index in [9.17, 15) is 9.90 Å². The lowest BCUT2D eigenvalue weighted by Gasteiger charge is -2.47. The lowest BCUT2D eigenvalue weighted by Crippen LogP contribution is -2.53. The molecule has 1 fully saturated rings. The standard InChI is InChI=1S/C48H60ClN3O4/c1-34(33-56-44-20-25-50-43-17-7-11-35(2)45(43)44)29-38-30-37-18-19-41(55-28-10-27-52(3)26-9-14-36-12-5-4-6-13-36)32-42(37)47(38)21-23-48(24-22-47,46(53)54)51-40-16-8-15-39(49)31-40/h4-6,8,12-13,15-16,18-20,25,31-32,34-35,38,51H,7,9-11,14,17,21-24,26-30,33H2,1-3H3,(H,53,54)/t34-,35-,38?,47?,48?/m1/s1. The van der Waals surface area contributed by atoms with E-state index >= 15 is 0 Å². The molecule has 56 heavy (non-hydrogen) atoms. The number of carbonyl (C=O) groups is 1. The Bertz CT molecular complexity index is 1930. The van der Waals surface area contributed by atoms with Crippen molar-refractivity contribution in [2.75, 3.05) is 38.7 Å². The summed E-state index contributed by atoms with van der Waals surface area (Å²) >= 11 is 6.32. The van der Waals surface area contributed by atoms with Crippen LogP contribution in [0.3, 0.4) is 0 Å². The molecule has 3 aliphatic carbocycles. The minimum absolute atomic E-state index is 0.138. The van der Waals surface area contributed by atoms with E-state index in [0.29, 0.717) is 48.8 Å². The van der Waals surface area contributed by atoms with Gasteiger partial charge in [-0.3, -0.25) is 4.98 Å². The second-order valence-electron chi connectivity index (χ2n) is 17.1. The first kappa shape index (κ1) is 40.1. The Balaban J connectivity index is 1.03.